The summed E-state index contributed by atoms with van der Waals surface area (Å²) in [5.74, 6) is -0.157. The van der Waals surface area contributed by atoms with Crippen LogP contribution in [-0.2, 0) is 25.9 Å². The van der Waals surface area contributed by atoms with Crippen molar-refractivity contribution in [3.63, 3.8) is 0 Å². The van der Waals surface area contributed by atoms with E-state index in [0.717, 1.165) is 53.4 Å². The number of benzene rings is 1. The number of nitrogens with one attached hydrogen (secondary N) is 2. The van der Waals surface area contributed by atoms with E-state index in [9.17, 15) is 9.59 Å². The van der Waals surface area contributed by atoms with Gasteiger partial charge in [0.15, 0.2) is 0 Å². The van der Waals surface area contributed by atoms with Crippen molar-refractivity contribution in [1.29, 1.82) is 0 Å². The molecule has 140 valence electrons. The van der Waals surface area contributed by atoms with Gasteiger partial charge in [0, 0.05) is 29.7 Å². The fourth-order valence-electron chi connectivity index (χ4n) is 3.84. The highest BCUT2D eigenvalue weighted by molar-refractivity contribution is 5.94. The average molecular weight is 364 g/mol. The lowest BCUT2D eigenvalue weighted by Gasteiger charge is -2.12. The number of fused-ring (bicyclic) bond motifs is 2. The van der Waals surface area contributed by atoms with E-state index in [0.29, 0.717) is 17.8 Å². The van der Waals surface area contributed by atoms with Gasteiger partial charge in [0.25, 0.3) is 11.5 Å². The molecule has 27 heavy (non-hydrogen) atoms. The van der Waals surface area contributed by atoms with Gasteiger partial charge in [0.1, 0.15) is 5.69 Å². The number of nitrogens with zero attached hydrogens (tertiary/aromatic N) is 2. The molecule has 0 spiro atoms. The van der Waals surface area contributed by atoms with Crippen LogP contribution < -0.4 is 10.9 Å². The molecule has 0 bridgehead atoms. The number of amides is 1. The molecule has 1 aliphatic carbocycles. The van der Waals surface area contributed by atoms with Crippen LogP contribution in [0.15, 0.2) is 29.1 Å². The van der Waals surface area contributed by atoms with Crippen molar-refractivity contribution in [2.45, 2.75) is 52.6 Å². The maximum atomic E-state index is 12.9. The van der Waals surface area contributed by atoms with Crippen molar-refractivity contribution in [1.82, 2.24) is 20.1 Å². The van der Waals surface area contributed by atoms with Crippen molar-refractivity contribution < 1.29 is 4.79 Å². The van der Waals surface area contributed by atoms with Gasteiger partial charge in [-0.1, -0.05) is 12.1 Å². The Morgan fingerprint density at radius 2 is 2.07 bits per heavy atom. The van der Waals surface area contributed by atoms with Crippen molar-refractivity contribution in [2.75, 3.05) is 0 Å². The van der Waals surface area contributed by atoms with Crippen LogP contribution in [0.1, 0.15) is 52.6 Å². The van der Waals surface area contributed by atoms with Gasteiger partial charge in [-0.2, -0.15) is 5.10 Å². The van der Waals surface area contributed by atoms with E-state index in [1.165, 1.54) is 0 Å². The third-order valence-corrected chi connectivity index (χ3v) is 5.26. The summed E-state index contributed by atoms with van der Waals surface area (Å²) in [5.41, 5.74) is 5.07. The smallest absolute Gasteiger partial charge is 0.270 e. The van der Waals surface area contributed by atoms with Crippen molar-refractivity contribution in [3.05, 3.63) is 62.7 Å². The van der Waals surface area contributed by atoms with Crippen molar-refractivity contribution in [3.8, 4) is 0 Å². The summed E-state index contributed by atoms with van der Waals surface area (Å²) in [7, 11) is 0. The number of aromatic amines is 1. The molecule has 0 fully saturated rings. The first-order valence-electron chi connectivity index (χ1n) is 9.56. The first-order chi connectivity index (χ1) is 13.1. The van der Waals surface area contributed by atoms with Crippen LogP contribution in [0.4, 0.5) is 0 Å². The van der Waals surface area contributed by atoms with Gasteiger partial charge in [-0.15, -0.1) is 0 Å². The maximum Gasteiger partial charge on any atom is 0.270 e. The molecule has 0 unspecified atom stereocenters. The zero-order valence-corrected chi connectivity index (χ0v) is 15.8. The van der Waals surface area contributed by atoms with E-state index in [1.807, 2.05) is 38.1 Å². The molecule has 2 heterocycles. The third-order valence-electron chi connectivity index (χ3n) is 5.26. The summed E-state index contributed by atoms with van der Waals surface area (Å²) in [6.45, 7) is 4.84. The Labute approximate surface area is 157 Å². The molecule has 0 saturated carbocycles. The lowest BCUT2D eigenvalue weighted by molar-refractivity contribution is 0.0939. The summed E-state index contributed by atoms with van der Waals surface area (Å²) >= 11 is 0. The lowest BCUT2D eigenvalue weighted by atomic mass is 9.95. The Balaban J connectivity index is 1.59. The number of pyridine rings is 1. The molecule has 0 aliphatic heterocycles. The van der Waals surface area contributed by atoms with E-state index in [1.54, 1.807) is 4.68 Å². The predicted octanol–water partition coefficient (Wildman–Crippen LogP) is 2.86. The van der Waals surface area contributed by atoms with Crippen LogP contribution in [0.25, 0.3) is 10.9 Å². The molecule has 4 rings (SSSR count). The molecule has 0 atom stereocenters. The standard InChI is InChI=1S/C21H24N4O2/c1-3-25-19(16-6-4-5-7-17(16)24-25)21(27)22-12-15-11-14-9-8-13(2)10-18(14)23-20(15)26/h8-11H,3-7,12H2,1-2H3,(H,22,27)(H,23,26). The second kappa shape index (κ2) is 7.02. The molecule has 1 amide bonds. The minimum atomic E-state index is -0.167. The molecule has 0 radical (unpaired) electrons. The van der Waals surface area contributed by atoms with Crippen LogP contribution in [0, 0.1) is 6.92 Å². The quantitative estimate of drug-likeness (QED) is 0.747. The van der Waals surface area contributed by atoms with E-state index in [2.05, 4.69) is 15.4 Å². The molecule has 6 heteroatoms. The number of rotatable bonds is 4. The number of aryl methyl sites for hydroxylation is 3. The average Bonchev–Trinajstić information content (AvgIpc) is 3.05. The molecule has 0 saturated heterocycles. The van der Waals surface area contributed by atoms with Gasteiger partial charge in [0.05, 0.1) is 5.69 Å². The highest BCUT2D eigenvalue weighted by Crippen LogP contribution is 2.24. The second-order valence-corrected chi connectivity index (χ2v) is 7.19. The molecule has 1 aromatic carbocycles. The third kappa shape index (κ3) is 3.27. The predicted molar refractivity (Wildman–Crippen MR) is 105 cm³/mol. The summed E-state index contributed by atoms with van der Waals surface area (Å²) in [5, 5.41) is 8.48. The topological polar surface area (TPSA) is 79.8 Å². The molecule has 3 aromatic rings. The summed E-state index contributed by atoms with van der Waals surface area (Å²) in [6.07, 6.45) is 4.05. The second-order valence-electron chi connectivity index (χ2n) is 7.19. The monoisotopic (exact) mass is 364 g/mol. The van der Waals surface area contributed by atoms with E-state index in [4.69, 9.17) is 0 Å². The van der Waals surface area contributed by atoms with Crippen LogP contribution in [0.5, 0.6) is 0 Å². The highest BCUT2D eigenvalue weighted by Gasteiger charge is 2.24. The number of carbonyl (C=O) groups excluding carboxylic acids is 1. The van der Waals surface area contributed by atoms with Crippen LogP contribution in [0.2, 0.25) is 0 Å². The Bertz CT molecular complexity index is 1080. The van der Waals surface area contributed by atoms with E-state index >= 15 is 0 Å². The normalized spacial score (nSPS) is 13.6. The van der Waals surface area contributed by atoms with Gasteiger partial charge in [-0.25, -0.2) is 0 Å². The number of aromatic nitrogens is 3. The molecule has 2 N–H and O–H groups in total. The Kier molecular flexibility index (Phi) is 4.56. The molecular weight excluding hydrogens is 340 g/mol. The van der Waals surface area contributed by atoms with Gasteiger partial charge < -0.3 is 10.3 Å². The van der Waals surface area contributed by atoms with Crippen molar-refractivity contribution >= 4 is 16.8 Å². The zero-order valence-electron chi connectivity index (χ0n) is 15.8. The van der Waals surface area contributed by atoms with Crippen molar-refractivity contribution in [2.24, 2.45) is 0 Å². The maximum absolute atomic E-state index is 12.9. The van der Waals surface area contributed by atoms with Gasteiger partial charge in [-0.3, -0.25) is 14.3 Å². The lowest BCUT2D eigenvalue weighted by Crippen LogP contribution is -2.29. The fourth-order valence-corrected chi connectivity index (χ4v) is 3.84. The van der Waals surface area contributed by atoms with Gasteiger partial charge in [0.2, 0.25) is 0 Å². The summed E-state index contributed by atoms with van der Waals surface area (Å²) in [6, 6.07) is 7.79. The minimum absolute atomic E-state index is 0.157. The minimum Gasteiger partial charge on any atom is -0.346 e. The molecule has 2 aromatic heterocycles. The summed E-state index contributed by atoms with van der Waals surface area (Å²) in [4.78, 5) is 28.1. The molecule has 1 aliphatic rings. The highest BCUT2D eigenvalue weighted by atomic mass is 16.2. The number of H-pyrrole nitrogens is 1. The van der Waals surface area contributed by atoms with Crippen LogP contribution in [-0.4, -0.2) is 20.7 Å². The van der Waals surface area contributed by atoms with E-state index < -0.39 is 0 Å². The molecular formula is C21H24N4O2. The number of hydrogen-bond acceptors (Lipinski definition) is 3. The number of carbonyl (C=O) groups is 1. The fraction of sp³-hybridized carbons (Fsp3) is 0.381. The van der Waals surface area contributed by atoms with Gasteiger partial charge >= 0.3 is 0 Å². The van der Waals surface area contributed by atoms with Crippen LogP contribution >= 0.6 is 0 Å². The van der Waals surface area contributed by atoms with Crippen LogP contribution in [0.3, 0.4) is 0 Å². The number of hydrogen-bond donors (Lipinski definition) is 2. The Hall–Kier alpha value is -2.89. The first-order valence-corrected chi connectivity index (χ1v) is 9.56. The zero-order chi connectivity index (χ0) is 19.0. The van der Waals surface area contributed by atoms with E-state index in [-0.39, 0.29) is 18.0 Å². The SMILES string of the molecule is CCn1nc2c(c1C(=O)NCc1cc3ccc(C)cc3[nH]c1=O)CCCC2. The Morgan fingerprint density at radius 1 is 1.26 bits per heavy atom. The molecule has 6 nitrogen and oxygen atoms in total. The Morgan fingerprint density at radius 3 is 2.89 bits per heavy atom. The summed E-state index contributed by atoms with van der Waals surface area (Å²) < 4.78 is 1.79. The largest absolute Gasteiger partial charge is 0.346 e. The first kappa shape index (κ1) is 17.5. The van der Waals surface area contributed by atoms with Gasteiger partial charge in [-0.05, 0) is 62.6 Å².